The number of benzene rings is 3. The minimum absolute atomic E-state index is 0.0726. The molecule has 32 heavy (non-hydrogen) atoms. The Balaban J connectivity index is 1.49. The van der Waals surface area contributed by atoms with Gasteiger partial charge in [-0.05, 0) is 55.8 Å². The number of para-hydroxylation sites is 1. The number of ether oxygens (including phenoxy) is 2. The molecule has 2 heterocycles. The van der Waals surface area contributed by atoms with Gasteiger partial charge in [0.1, 0.15) is 0 Å². The van der Waals surface area contributed by atoms with Gasteiger partial charge in [-0.3, -0.25) is 9.36 Å². The maximum atomic E-state index is 12.9. The topological polar surface area (TPSA) is 66.2 Å². The molecule has 0 bridgehead atoms. The molecule has 5 rings (SSSR count). The van der Waals surface area contributed by atoms with E-state index in [-0.39, 0.29) is 18.3 Å². The molecular formula is C25H21N3O3S. The molecule has 0 aliphatic carbocycles. The van der Waals surface area contributed by atoms with Crippen molar-refractivity contribution in [3.63, 3.8) is 0 Å². The molecule has 7 heteroatoms. The molecule has 160 valence electrons. The quantitative estimate of drug-likeness (QED) is 0.299. The largest absolute Gasteiger partial charge is 0.454 e. The summed E-state index contributed by atoms with van der Waals surface area (Å²) in [6.45, 7) is 4.17. The lowest BCUT2D eigenvalue weighted by atomic mass is 10.0. The van der Waals surface area contributed by atoms with Gasteiger partial charge in [0.25, 0.3) is 0 Å². The molecule has 0 atom stereocenters. The van der Waals surface area contributed by atoms with Crippen molar-refractivity contribution in [1.29, 1.82) is 0 Å². The van der Waals surface area contributed by atoms with Crippen LogP contribution < -0.4 is 9.47 Å². The second-order valence-corrected chi connectivity index (χ2v) is 8.52. The molecule has 1 aliphatic heterocycles. The standard InChI is InChI=1S/C25H21N3O3S/c1-16-8-9-17(2)20(12-16)21(29)14-32-25-27-26-24(28(25)19-6-4-3-5-7-19)18-10-11-22-23(13-18)31-15-30-22/h3-13H,14-15H2,1-2H3. The van der Waals surface area contributed by atoms with Gasteiger partial charge in [0.15, 0.2) is 28.3 Å². The predicted octanol–water partition coefficient (Wildman–Crippen LogP) is 5.25. The molecule has 6 nitrogen and oxygen atoms in total. The zero-order valence-electron chi connectivity index (χ0n) is 17.7. The van der Waals surface area contributed by atoms with Crippen LogP contribution in [0.1, 0.15) is 21.5 Å². The molecule has 0 unspecified atom stereocenters. The molecule has 0 fully saturated rings. The van der Waals surface area contributed by atoms with Crippen LogP contribution in [0.4, 0.5) is 0 Å². The monoisotopic (exact) mass is 443 g/mol. The van der Waals surface area contributed by atoms with Crippen molar-refractivity contribution in [2.75, 3.05) is 12.5 Å². The van der Waals surface area contributed by atoms with Crippen molar-refractivity contribution in [2.24, 2.45) is 0 Å². The Bertz CT molecular complexity index is 1300. The molecule has 4 aromatic rings. The highest BCUT2D eigenvalue weighted by Gasteiger charge is 2.21. The highest BCUT2D eigenvalue weighted by Crippen LogP contribution is 2.37. The van der Waals surface area contributed by atoms with E-state index in [1.807, 2.05) is 85.1 Å². The van der Waals surface area contributed by atoms with Gasteiger partial charge in [-0.15, -0.1) is 10.2 Å². The van der Waals surface area contributed by atoms with Crippen molar-refractivity contribution in [3.05, 3.63) is 83.4 Å². The number of hydrogen-bond donors (Lipinski definition) is 0. The highest BCUT2D eigenvalue weighted by atomic mass is 32.2. The first-order chi connectivity index (χ1) is 15.6. The first kappa shape index (κ1) is 20.3. The minimum atomic E-state index is 0.0726. The van der Waals surface area contributed by atoms with Crippen LogP contribution in [0.3, 0.4) is 0 Å². The van der Waals surface area contributed by atoms with Crippen molar-refractivity contribution in [1.82, 2.24) is 14.8 Å². The Morgan fingerprint density at radius 1 is 0.969 bits per heavy atom. The number of hydrogen-bond acceptors (Lipinski definition) is 6. The summed E-state index contributed by atoms with van der Waals surface area (Å²) in [5.41, 5.74) is 4.58. The van der Waals surface area contributed by atoms with Crippen LogP contribution in [0.15, 0.2) is 71.9 Å². The number of carbonyl (C=O) groups is 1. The molecule has 1 aliphatic rings. The summed E-state index contributed by atoms with van der Waals surface area (Å²) in [5, 5.41) is 9.53. The molecule has 0 amide bonds. The van der Waals surface area contributed by atoms with Crippen LogP contribution in [-0.4, -0.2) is 33.1 Å². The van der Waals surface area contributed by atoms with Gasteiger partial charge in [-0.2, -0.15) is 0 Å². The summed E-state index contributed by atoms with van der Waals surface area (Å²) in [7, 11) is 0. The summed E-state index contributed by atoms with van der Waals surface area (Å²) in [4.78, 5) is 12.9. The number of carbonyl (C=O) groups excluding carboxylic acids is 1. The van der Waals surface area contributed by atoms with Crippen LogP contribution in [0.2, 0.25) is 0 Å². The Morgan fingerprint density at radius 2 is 1.78 bits per heavy atom. The number of fused-ring (bicyclic) bond motifs is 1. The number of nitrogens with zero attached hydrogens (tertiary/aromatic N) is 3. The lowest BCUT2D eigenvalue weighted by Gasteiger charge is -2.11. The molecular weight excluding hydrogens is 422 g/mol. The molecule has 1 aromatic heterocycles. The highest BCUT2D eigenvalue weighted by molar-refractivity contribution is 7.99. The van der Waals surface area contributed by atoms with E-state index in [9.17, 15) is 4.79 Å². The number of Topliss-reactive ketones (excluding diaryl/α,β-unsaturated/α-hetero) is 1. The van der Waals surface area contributed by atoms with Gasteiger partial charge in [0, 0.05) is 16.8 Å². The van der Waals surface area contributed by atoms with E-state index >= 15 is 0 Å². The number of thioether (sulfide) groups is 1. The third-order valence-corrected chi connectivity index (χ3v) is 6.23. The SMILES string of the molecule is Cc1ccc(C)c(C(=O)CSc2nnc(-c3ccc4c(c3)OCO4)n2-c2ccccc2)c1. The average Bonchev–Trinajstić information content (AvgIpc) is 3.46. The zero-order valence-corrected chi connectivity index (χ0v) is 18.6. The Kier molecular flexibility index (Phi) is 5.41. The molecule has 0 N–H and O–H groups in total. The maximum Gasteiger partial charge on any atom is 0.231 e. The second kappa shape index (κ2) is 8.51. The molecule has 0 saturated carbocycles. The van der Waals surface area contributed by atoms with Gasteiger partial charge in [0.2, 0.25) is 6.79 Å². The smallest absolute Gasteiger partial charge is 0.231 e. The summed E-state index contributed by atoms with van der Waals surface area (Å²) >= 11 is 1.38. The van der Waals surface area contributed by atoms with E-state index in [1.54, 1.807) is 0 Å². The van der Waals surface area contributed by atoms with Gasteiger partial charge >= 0.3 is 0 Å². The molecule has 3 aromatic carbocycles. The minimum Gasteiger partial charge on any atom is -0.454 e. The van der Waals surface area contributed by atoms with Crippen molar-refractivity contribution in [2.45, 2.75) is 19.0 Å². The molecule has 0 radical (unpaired) electrons. The maximum absolute atomic E-state index is 12.9. The Morgan fingerprint density at radius 3 is 2.62 bits per heavy atom. The van der Waals surface area contributed by atoms with E-state index < -0.39 is 0 Å². The van der Waals surface area contributed by atoms with Crippen LogP contribution >= 0.6 is 11.8 Å². The molecule has 0 spiro atoms. The van der Waals surface area contributed by atoms with Crippen LogP contribution in [0.5, 0.6) is 11.5 Å². The lowest BCUT2D eigenvalue weighted by molar-refractivity contribution is 0.102. The van der Waals surface area contributed by atoms with Gasteiger partial charge in [-0.25, -0.2) is 0 Å². The van der Waals surface area contributed by atoms with Crippen LogP contribution in [-0.2, 0) is 0 Å². The first-order valence-corrected chi connectivity index (χ1v) is 11.2. The van der Waals surface area contributed by atoms with Crippen molar-refractivity contribution >= 4 is 17.5 Å². The number of rotatable bonds is 6. The first-order valence-electron chi connectivity index (χ1n) is 10.2. The summed E-state index contributed by atoms with van der Waals surface area (Å²) < 4.78 is 12.9. The Hall–Kier alpha value is -3.58. The van der Waals surface area contributed by atoms with Gasteiger partial charge < -0.3 is 9.47 Å². The lowest BCUT2D eigenvalue weighted by Crippen LogP contribution is -2.07. The Labute approximate surface area is 190 Å². The molecule has 0 saturated heterocycles. The van der Waals surface area contributed by atoms with E-state index in [0.29, 0.717) is 22.5 Å². The third-order valence-electron chi connectivity index (χ3n) is 5.30. The fraction of sp³-hybridized carbons (Fsp3) is 0.160. The number of aryl methyl sites for hydroxylation is 2. The third kappa shape index (κ3) is 3.87. The summed E-state index contributed by atoms with van der Waals surface area (Å²) in [5.74, 6) is 2.42. The fourth-order valence-corrected chi connectivity index (χ4v) is 4.48. The summed E-state index contributed by atoms with van der Waals surface area (Å²) in [6, 6.07) is 21.5. The van der Waals surface area contributed by atoms with E-state index in [4.69, 9.17) is 9.47 Å². The van der Waals surface area contributed by atoms with E-state index in [2.05, 4.69) is 10.2 Å². The number of ketones is 1. The van der Waals surface area contributed by atoms with Crippen molar-refractivity contribution in [3.8, 4) is 28.6 Å². The van der Waals surface area contributed by atoms with E-state index in [1.165, 1.54) is 11.8 Å². The van der Waals surface area contributed by atoms with Gasteiger partial charge in [0.05, 0.1) is 5.75 Å². The van der Waals surface area contributed by atoms with Crippen LogP contribution in [0.25, 0.3) is 17.1 Å². The number of aromatic nitrogens is 3. The summed E-state index contributed by atoms with van der Waals surface area (Å²) in [6.07, 6.45) is 0. The fourth-order valence-electron chi connectivity index (χ4n) is 3.64. The van der Waals surface area contributed by atoms with E-state index in [0.717, 1.165) is 27.9 Å². The normalized spacial score (nSPS) is 12.2. The van der Waals surface area contributed by atoms with Gasteiger partial charge in [-0.1, -0.05) is 47.7 Å². The zero-order chi connectivity index (χ0) is 22.1. The predicted molar refractivity (Wildman–Crippen MR) is 124 cm³/mol. The van der Waals surface area contributed by atoms with Crippen molar-refractivity contribution < 1.29 is 14.3 Å². The average molecular weight is 444 g/mol. The second-order valence-electron chi connectivity index (χ2n) is 7.58. The van der Waals surface area contributed by atoms with Crippen LogP contribution in [0, 0.1) is 13.8 Å².